The van der Waals surface area contributed by atoms with Crippen molar-refractivity contribution in [3.05, 3.63) is 53.2 Å². The molecule has 0 aliphatic heterocycles. The number of ether oxygens (including phenoxy) is 1. The number of carbonyl (C=O) groups excluding carboxylic acids is 1. The molecule has 2 N–H and O–H groups in total. The fraction of sp³-hybridized carbons (Fsp3) is 0.211. The second-order valence-corrected chi connectivity index (χ2v) is 6.17. The number of halogens is 1. The molecule has 1 fully saturated rings. The van der Waals surface area contributed by atoms with Gasteiger partial charge in [-0.15, -0.1) is 0 Å². The van der Waals surface area contributed by atoms with Crippen molar-refractivity contribution in [1.82, 2.24) is 20.5 Å². The first-order valence-electron chi connectivity index (χ1n) is 8.31. The number of H-pyrrole nitrogens is 1. The van der Waals surface area contributed by atoms with Crippen molar-refractivity contribution in [1.29, 1.82) is 0 Å². The predicted octanol–water partition coefficient (Wildman–Crippen LogP) is 3.17. The molecule has 0 radical (unpaired) electrons. The van der Waals surface area contributed by atoms with Crippen molar-refractivity contribution in [2.75, 3.05) is 7.11 Å². The lowest BCUT2D eigenvalue weighted by atomic mass is 10.1. The van der Waals surface area contributed by atoms with E-state index < -0.39 is 5.95 Å². The van der Waals surface area contributed by atoms with Crippen LogP contribution in [0.4, 0.5) is 4.39 Å². The van der Waals surface area contributed by atoms with Gasteiger partial charge in [-0.05, 0) is 48.7 Å². The first-order chi connectivity index (χ1) is 12.7. The number of hydrogen-bond donors (Lipinski definition) is 2. The Bertz CT molecular complexity index is 991. The Morgan fingerprint density at radius 1 is 1.31 bits per heavy atom. The number of nitrogens with one attached hydrogen (secondary N) is 2. The van der Waals surface area contributed by atoms with Crippen molar-refractivity contribution in [3.63, 3.8) is 0 Å². The Morgan fingerprint density at radius 2 is 2.15 bits per heavy atom. The smallest absolute Gasteiger partial charge is 0.255 e. The highest BCUT2D eigenvalue weighted by Crippen LogP contribution is 2.33. The van der Waals surface area contributed by atoms with Crippen LogP contribution in [0.2, 0.25) is 0 Å². The van der Waals surface area contributed by atoms with Gasteiger partial charge >= 0.3 is 0 Å². The molecule has 2 heterocycles. The minimum atomic E-state index is -0.527. The summed E-state index contributed by atoms with van der Waals surface area (Å²) in [6, 6.07) is 6.72. The van der Waals surface area contributed by atoms with Crippen LogP contribution in [0.25, 0.3) is 23.1 Å². The molecule has 3 aromatic rings. The molecular weight excluding hydrogens is 335 g/mol. The summed E-state index contributed by atoms with van der Waals surface area (Å²) in [5.74, 6) is -0.197. The lowest BCUT2D eigenvalue weighted by molar-refractivity contribution is 0.0948. The molecule has 7 heteroatoms. The van der Waals surface area contributed by atoms with E-state index in [2.05, 4.69) is 20.5 Å². The second kappa shape index (κ2) is 6.59. The number of nitrogens with zero attached hydrogens (tertiary/aromatic N) is 2. The van der Waals surface area contributed by atoms with E-state index in [0.29, 0.717) is 17.0 Å². The Morgan fingerprint density at radius 3 is 2.85 bits per heavy atom. The van der Waals surface area contributed by atoms with E-state index in [1.165, 1.54) is 19.4 Å². The fourth-order valence-corrected chi connectivity index (χ4v) is 2.77. The highest BCUT2D eigenvalue weighted by Gasteiger charge is 2.26. The van der Waals surface area contributed by atoms with Gasteiger partial charge in [0.1, 0.15) is 5.75 Å². The van der Waals surface area contributed by atoms with Gasteiger partial charge in [-0.3, -0.25) is 9.89 Å². The normalized spacial score (nSPS) is 14.1. The Kier molecular flexibility index (Phi) is 4.12. The second-order valence-electron chi connectivity index (χ2n) is 6.17. The van der Waals surface area contributed by atoms with Crippen LogP contribution in [0, 0.1) is 5.95 Å². The SMILES string of the molecule is COc1c(C(=O)NC2CC2)ccc2[nH]nc(C=Cc3ccc(F)nc3)c12. The maximum Gasteiger partial charge on any atom is 0.255 e. The third-order valence-corrected chi connectivity index (χ3v) is 4.26. The van der Waals surface area contributed by atoms with Gasteiger partial charge in [-0.25, -0.2) is 4.98 Å². The summed E-state index contributed by atoms with van der Waals surface area (Å²) in [6.07, 6.45) is 7.02. The average Bonchev–Trinajstić information content (AvgIpc) is 3.37. The van der Waals surface area contributed by atoms with Gasteiger partial charge in [0.05, 0.1) is 29.3 Å². The van der Waals surface area contributed by atoms with Gasteiger partial charge in [0.2, 0.25) is 5.95 Å². The topological polar surface area (TPSA) is 79.9 Å². The largest absolute Gasteiger partial charge is 0.495 e. The van der Waals surface area contributed by atoms with Crippen molar-refractivity contribution in [2.24, 2.45) is 0 Å². The van der Waals surface area contributed by atoms with E-state index in [1.54, 1.807) is 24.3 Å². The van der Waals surface area contributed by atoms with Gasteiger partial charge < -0.3 is 10.1 Å². The number of aromatic amines is 1. The molecule has 1 aliphatic rings. The summed E-state index contributed by atoms with van der Waals surface area (Å²) in [7, 11) is 1.53. The molecule has 1 aromatic carbocycles. The number of amides is 1. The number of methoxy groups -OCH3 is 1. The summed E-state index contributed by atoms with van der Waals surface area (Å²) >= 11 is 0. The number of rotatable bonds is 5. The average molecular weight is 352 g/mol. The van der Waals surface area contributed by atoms with E-state index in [4.69, 9.17) is 4.74 Å². The predicted molar refractivity (Wildman–Crippen MR) is 96.3 cm³/mol. The van der Waals surface area contributed by atoms with Crippen LogP contribution in [-0.4, -0.2) is 34.2 Å². The molecule has 4 rings (SSSR count). The molecule has 0 spiro atoms. The molecule has 0 unspecified atom stereocenters. The van der Waals surface area contributed by atoms with Crippen LogP contribution >= 0.6 is 0 Å². The highest BCUT2D eigenvalue weighted by atomic mass is 19.1. The molecule has 26 heavy (non-hydrogen) atoms. The Labute approximate surface area is 149 Å². The minimum absolute atomic E-state index is 0.148. The zero-order chi connectivity index (χ0) is 18.1. The van der Waals surface area contributed by atoms with Crippen molar-refractivity contribution >= 4 is 29.0 Å². The zero-order valence-electron chi connectivity index (χ0n) is 14.1. The van der Waals surface area contributed by atoms with Gasteiger partial charge in [-0.1, -0.05) is 6.08 Å². The maximum atomic E-state index is 12.9. The standard InChI is InChI=1S/C19H17FN4O2/c1-26-18-13(19(25)22-12-4-5-12)6-8-15-17(18)14(23-24-15)7-2-11-3-9-16(20)21-10-11/h2-3,6-10,12H,4-5H2,1H3,(H,22,25)(H,23,24). The van der Waals surface area contributed by atoms with Crippen LogP contribution in [-0.2, 0) is 0 Å². The van der Waals surface area contributed by atoms with Gasteiger partial charge in [0.25, 0.3) is 5.91 Å². The molecule has 132 valence electrons. The van der Waals surface area contributed by atoms with Crippen LogP contribution in [0.3, 0.4) is 0 Å². The number of benzene rings is 1. The van der Waals surface area contributed by atoms with E-state index in [9.17, 15) is 9.18 Å². The zero-order valence-corrected chi connectivity index (χ0v) is 14.1. The third-order valence-electron chi connectivity index (χ3n) is 4.26. The molecule has 1 aliphatic carbocycles. The Hall–Kier alpha value is -3.22. The van der Waals surface area contributed by atoms with E-state index in [1.807, 2.05) is 6.07 Å². The van der Waals surface area contributed by atoms with E-state index in [0.717, 1.165) is 29.3 Å². The summed E-state index contributed by atoms with van der Waals surface area (Å²) in [5.41, 5.74) is 2.61. The first kappa shape index (κ1) is 16.3. The number of pyridine rings is 1. The Balaban J connectivity index is 1.72. The summed E-state index contributed by atoms with van der Waals surface area (Å²) in [6.45, 7) is 0. The summed E-state index contributed by atoms with van der Waals surface area (Å²) in [4.78, 5) is 16.1. The third kappa shape index (κ3) is 3.15. The quantitative estimate of drug-likeness (QED) is 0.691. The molecule has 0 atom stereocenters. The first-order valence-corrected chi connectivity index (χ1v) is 8.31. The molecule has 0 bridgehead atoms. The minimum Gasteiger partial charge on any atom is -0.495 e. The van der Waals surface area contributed by atoms with Crippen molar-refractivity contribution < 1.29 is 13.9 Å². The molecule has 2 aromatic heterocycles. The van der Waals surface area contributed by atoms with Crippen molar-refractivity contribution in [2.45, 2.75) is 18.9 Å². The van der Waals surface area contributed by atoms with Crippen LogP contribution < -0.4 is 10.1 Å². The number of aromatic nitrogens is 3. The lowest BCUT2D eigenvalue weighted by Gasteiger charge is -2.10. The number of carbonyl (C=O) groups is 1. The number of fused-ring (bicyclic) bond motifs is 1. The lowest BCUT2D eigenvalue weighted by Crippen LogP contribution is -2.25. The maximum absolute atomic E-state index is 12.9. The summed E-state index contributed by atoms with van der Waals surface area (Å²) < 4.78 is 18.4. The van der Waals surface area contributed by atoms with Gasteiger partial charge in [0, 0.05) is 12.2 Å². The van der Waals surface area contributed by atoms with Crippen LogP contribution in [0.1, 0.15) is 34.5 Å². The highest BCUT2D eigenvalue weighted by molar-refractivity contribution is 6.05. The van der Waals surface area contributed by atoms with Crippen molar-refractivity contribution in [3.8, 4) is 5.75 Å². The monoisotopic (exact) mass is 352 g/mol. The summed E-state index contributed by atoms with van der Waals surface area (Å²) in [5, 5.41) is 10.9. The van der Waals surface area contributed by atoms with Crippen LogP contribution in [0.15, 0.2) is 30.5 Å². The molecule has 1 amide bonds. The number of hydrogen-bond acceptors (Lipinski definition) is 4. The molecular formula is C19H17FN4O2. The molecule has 1 saturated carbocycles. The molecule has 0 saturated heterocycles. The fourth-order valence-electron chi connectivity index (χ4n) is 2.77. The van der Waals surface area contributed by atoms with Crippen LogP contribution in [0.5, 0.6) is 5.75 Å². The molecule has 6 nitrogen and oxygen atoms in total. The van der Waals surface area contributed by atoms with Gasteiger partial charge in [-0.2, -0.15) is 9.49 Å². The van der Waals surface area contributed by atoms with Gasteiger partial charge in [0.15, 0.2) is 0 Å². The van der Waals surface area contributed by atoms with E-state index in [-0.39, 0.29) is 11.9 Å². The van der Waals surface area contributed by atoms with E-state index >= 15 is 0 Å².